The van der Waals surface area contributed by atoms with E-state index in [0.717, 1.165) is 6.42 Å². The number of ether oxygens (including phenoxy) is 1. The lowest BCUT2D eigenvalue weighted by Gasteiger charge is -2.29. The van der Waals surface area contributed by atoms with Crippen molar-refractivity contribution < 1.29 is 9.53 Å². The lowest BCUT2D eigenvalue weighted by Crippen LogP contribution is -2.27. The fourth-order valence-electron chi connectivity index (χ4n) is 2.52. The van der Waals surface area contributed by atoms with E-state index < -0.39 is 5.92 Å². The number of hydrogen-bond acceptors (Lipinski definition) is 6. The molecule has 5 nitrogen and oxygen atoms in total. The van der Waals surface area contributed by atoms with Crippen LogP contribution < -0.4 is 5.73 Å². The van der Waals surface area contributed by atoms with Gasteiger partial charge in [-0.2, -0.15) is 5.26 Å². The van der Waals surface area contributed by atoms with Crippen molar-refractivity contribution in [3.8, 4) is 6.07 Å². The summed E-state index contributed by atoms with van der Waals surface area (Å²) in [6.07, 6.45) is 1.93. The van der Waals surface area contributed by atoms with Gasteiger partial charge in [-0.05, 0) is 6.42 Å². The number of allylic oxidation sites excluding steroid dienone is 3. The molecule has 2 N–H and O–H groups in total. The standard InChI is InChI=1S/C13H11N3O2S/c14-4-7-11(8-5-19-6-16-8)12-9(17)2-1-3-10(12)18-13(7)15/h5-6,11H,1-3,15H2. The highest BCUT2D eigenvalue weighted by Gasteiger charge is 2.38. The van der Waals surface area contributed by atoms with E-state index in [-0.39, 0.29) is 17.2 Å². The summed E-state index contributed by atoms with van der Waals surface area (Å²) in [5.41, 5.74) is 9.01. The van der Waals surface area contributed by atoms with Crippen LogP contribution in [0, 0.1) is 11.3 Å². The normalized spacial score (nSPS) is 22.9. The fraction of sp³-hybridized carbons (Fsp3) is 0.308. The van der Waals surface area contributed by atoms with E-state index in [9.17, 15) is 10.1 Å². The molecule has 0 amide bonds. The Morgan fingerprint density at radius 3 is 3.05 bits per heavy atom. The summed E-state index contributed by atoms with van der Waals surface area (Å²) in [7, 11) is 0. The second kappa shape index (κ2) is 4.52. The largest absolute Gasteiger partial charge is 0.444 e. The molecular weight excluding hydrogens is 262 g/mol. The summed E-state index contributed by atoms with van der Waals surface area (Å²) in [5.74, 6) is 0.256. The molecule has 3 rings (SSSR count). The van der Waals surface area contributed by atoms with Gasteiger partial charge in [-0.25, -0.2) is 4.98 Å². The summed E-state index contributed by atoms with van der Waals surface area (Å²) < 4.78 is 5.46. The number of nitrogens with two attached hydrogens (primary N) is 1. The first-order valence-corrected chi connectivity index (χ1v) is 6.88. The molecule has 19 heavy (non-hydrogen) atoms. The number of rotatable bonds is 1. The Bertz CT molecular complexity index is 637. The first-order chi connectivity index (χ1) is 9.22. The molecule has 0 aromatic carbocycles. The molecule has 1 aliphatic carbocycles. The van der Waals surface area contributed by atoms with Crippen molar-refractivity contribution in [1.82, 2.24) is 4.98 Å². The van der Waals surface area contributed by atoms with Crippen molar-refractivity contribution in [2.45, 2.75) is 25.2 Å². The van der Waals surface area contributed by atoms with E-state index in [4.69, 9.17) is 10.5 Å². The number of nitriles is 1. The van der Waals surface area contributed by atoms with Gasteiger partial charge in [0.15, 0.2) is 5.78 Å². The van der Waals surface area contributed by atoms with Crippen LogP contribution in [0.25, 0.3) is 0 Å². The third kappa shape index (κ3) is 1.83. The molecule has 0 bridgehead atoms. The zero-order valence-electron chi connectivity index (χ0n) is 10.0. The van der Waals surface area contributed by atoms with Crippen LogP contribution in [0.2, 0.25) is 0 Å². The second-order valence-corrected chi connectivity index (χ2v) is 5.17. The first kappa shape index (κ1) is 11.9. The minimum Gasteiger partial charge on any atom is -0.444 e. The van der Waals surface area contributed by atoms with Gasteiger partial charge in [-0.1, -0.05) is 0 Å². The van der Waals surface area contributed by atoms with Crippen molar-refractivity contribution in [3.05, 3.63) is 39.4 Å². The third-order valence-corrected chi connectivity index (χ3v) is 3.96. The topological polar surface area (TPSA) is 89.0 Å². The third-order valence-electron chi connectivity index (χ3n) is 3.35. The smallest absolute Gasteiger partial charge is 0.205 e. The molecule has 0 saturated carbocycles. The molecule has 6 heteroatoms. The predicted octanol–water partition coefficient (Wildman–Crippen LogP) is 1.96. The zero-order valence-corrected chi connectivity index (χ0v) is 10.9. The molecule has 0 spiro atoms. The van der Waals surface area contributed by atoms with Gasteiger partial charge in [-0.15, -0.1) is 11.3 Å². The Balaban J connectivity index is 2.18. The van der Waals surface area contributed by atoms with Crippen LogP contribution in [0.4, 0.5) is 0 Å². The van der Waals surface area contributed by atoms with Gasteiger partial charge >= 0.3 is 0 Å². The lowest BCUT2D eigenvalue weighted by atomic mass is 9.80. The van der Waals surface area contributed by atoms with Gasteiger partial charge in [0.25, 0.3) is 0 Å². The number of nitrogens with zero attached hydrogens (tertiary/aromatic N) is 2. The number of thiazole rings is 1. The van der Waals surface area contributed by atoms with Gasteiger partial charge in [0.2, 0.25) is 5.88 Å². The Morgan fingerprint density at radius 1 is 1.53 bits per heavy atom. The van der Waals surface area contributed by atoms with Gasteiger partial charge in [0.05, 0.1) is 17.1 Å². The predicted molar refractivity (Wildman–Crippen MR) is 68.7 cm³/mol. The van der Waals surface area contributed by atoms with E-state index in [1.165, 1.54) is 11.3 Å². The van der Waals surface area contributed by atoms with Crippen molar-refractivity contribution >= 4 is 17.1 Å². The minimum atomic E-state index is -0.465. The van der Waals surface area contributed by atoms with Crippen LogP contribution in [-0.4, -0.2) is 10.8 Å². The molecule has 0 radical (unpaired) electrons. The Hall–Kier alpha value is -2.13. The van der Waals surface area contributed by atoms with Crippen LogP contribution in [0.15, 0.2) is 33.7 Å². The lowest BCUT2D eigenvalue weighted by molar-refractivity contribution is -0.116. The number of aromatic nitrogens is 1. The maximum absolute atomic E-state index is 12.2. The van der Waals surface area contributed by atoms with Crippen LogP contribution in [-0.2, 0) is 9.53 Å². The second-order valence-electron chi connectivity index (χ2n) is 4.45. The summed E-state index contributed by atoms with van der Waals surface area (Å²) in [6.45, 7) is 0. The summed E-state index contributed by atoms with van der Waals surface area (Å²) >= 11 is 1.43. The van der Waals surface area contributed by atoms with Crippen LogP contribution in [0.5, 0.6) is 0 Å². The molecule has 1 aliphatic heterocycles. The quantitative estimate of drug-likeness (QED) is 0.844. The molecule has 0 saturated heterocycles. The van der Waals surface area contributed by atoms with E-state index in [2.05, 4.69) is 11.1 Å². The van der Waals surface area contributed by atoms with Crippen molar-refractivity contribution in [2.75, 3.05) is 0 Å². The number of Topliss-reactive ketones (excluding diaryl/α,β-unsaturated/α-hetero) is 1. The average Bonchev–Trinajstić information content (AvgIpc) is 2.91. The van der Waals surface area contributed by atoms with Crippen molar-refractivity contribution in [3.63, 3.8) is 0 Å². The van der Waals surface area contributed by atoms with Crippen molar-refractivity contribution in [2.24, 2.45) is 5.73 Å². The van der Waals surface area contributed by atoms with Crippen molar-refractivity contribution in [1.29, 1.82) is 5.26 Å². The monoisotopic (exact) mass is 273 g/mol. The Kier molecular flexibility index (Phi) is 2.84. The molecule has 1 unspecified atom stereocenters. The van der Waals surface area contributed by atoms with Gasteiger partial charge in [-0.3, -0.25) is 4.79 Å². The van der Waals surface area contributed by atoms with Crippen LogP contribution >= 0.6 is 11.3 Å². The maximum Gasteiger partial charge on any atom is 0.205 e. The highest BCUT2D eigenvalue weighted by Crippen LogP contribution is 2.42. The summed E-state index contributed by atoms with van der Waals surface area (Å²) in [5, 5.41) is 11.1. The molecule has 0 fully saturated rings. The van der Waals surface area contributed by atoms with Gasteiger partial charge in [0, 0.05) is 23.8 Å². The van der Waals surface area contributed by atoms with E-state index >= 15 is 0 Å². The summed E-state index contributed by atoms with van der Waals surface area (Å²) in [6, 6.07) is 2.05. The van der Waals surface area contributed by atoms with Crippen LogP contribution in [0.3, 0.4) is 0 Å². The maximum atomic E-state index is 12.2. The Morgan fingerprint density at radius 2 is 2.37 bits per heavy atom. The minimum absolute atomic E-state index is 0.0273. The SMILES string of the molecule is N#CC1=C(N)OC2=C(C(=O)CCC2)C1c1cscn1. The fourth-order valence-corrected chi connectivity index (χ4v) is 3.10. The van der Waals surface area contributed by atoms with E-state index in [1.54, 1.807) is 5.51 Å². The number of hydrogen-bond donors (Lipinski definition) is 1. The number of carbonyl (C=O) groups excluding carboxylic acids is 1. The molecular formula is C13H11N3O2S. The number of carbonyl (C=O) groups is 1. The summed E-state index contributed by atoms with van der Waals surface area (Å²) in [4.78, 5) is 16.4. The molecule has 2 heterocycles. The zero-order chi connectivity index (χ0) is 13.4. The Labute approximate surface area is 114 Å². The molecule has 1 aromatic rings. The van der Waals surface area contributed by atoms with Gasteiger partial charge in [0.1, 0.15) is 17.4 Å². The molecule has 1 atom stereocenters. The number of ketones is 1. The first-order valence-electron chi connectivity index (χ1n) is 5.94. The van der Waals surface area contributed by atoms with Crippen LogP contribution in [0.1, 0.15) is 30.9 Å². The van der Waals surface area contributed by atoms with E-state index in [0.29, 0.717) is 29.9 Å². The average molecular weight is 273 g/mol. The molecule has 2 aliphatic rings. The molecule has 96 valence electrons. The highest BCUT2D eigenvalue weighted by atomic mass is 32.1. The molecule has 1 aromatic heterocycles. The van der Waals surface area contributed by atoms with Gasteiger partial charge < -0.3 is 10.5 Å². The van der Waals surface area contributed by atoms with E-state index in [1.807, 2.05) is 5.38 Å². The highest BCUT2D eigenvalue weighted by molar-refractivity contribution is 7.07.